The van der Waals surface area contributed by atoms with E-state index < -0.39 is 34.1 Å². The molecule has 0 fully saturated rings. The van der Waals surface area contributed by atoms with Crippen molar-refractivity contribution in [3.05, 3.63) is 102 Å². The molecule has 4 rings (SSSR count). The summed E-state index contributed by atoms with van der Waals surface area (Å²) in [4.78, 5) is 24.5. The molecule has 4 aromatic rings. The summed E-state index contributed by atoms with van der Waals surface area (Å²) >= 11 is 0. The highest BCUT2D eigenvalue weighted by molar-refractivity contribution is 7.92. The third kappa shape index (κ3) is 6.41. The van der Waals surface area contributed by atoms with Gasteiger partial charge in [-0.25, -0.2) is 18.0 Å². The highest BCUT2D eigenvalue weighted by Crippen LogP contribution is 2.32. The summed E-state index contributed by atoms with van der Waals surface area (Å²) in [7, 11) is -0.0140. The Morgan fingerprint density at radius 3 is 1.90 bits per heavy atom. The molecule has 2 atom stereocenters. The molecule has 10 heteroatoms. The first-order valence-corrected chi connectivity index (χ1v) is 13.9. The molecule has 0 aliphatic rings. The third-order valence-corrected chi connectivity index (χ3v) is 7.79. The maximum absolute atomic E-state index is 13.3. The fraction of sp³-hybridized carbons (Fsp3) is 0.200. The molecule has 0 aliphatic heterocycles. The topological polar surface area (TPSA) is 120 Å². The zero-order valence-electron chi connectivity index (χ0n) is 22.3. The summed E-state index contributed by atoms with van der Waals surface area (Å²) in [6.07, 6.45) is -0.555. The predicted molar refractivity (Wildman–Crippen MR) is 153 cm³/mol. The summed E-state index contributed by atoms with van der Waals surface area (Å²) < 4.78 is 44.1. The summed E-state index contributed by atoms with van der Waals surface area (Å²) in [5.41, 5.74) is 2.45. The number of ether oxygens (including phenoxy) is 3. The number of sulfonamides is 1. The molecule has 0 saturated carbocycles. The van der Waals surface area contributed by atoms with Gasteiger partial charge in [0.25, 0.3) is 10.0 Å². The average Bonchev–Trinajstić information content (AvgIpc) is 2.98. The molecular formula is C30H30N2O7S. The van der Waals surface area contributed by atoms with Gasteiger partial charge in [0.05, 0.1) is 24.8 Å². The summed E-state index contributed by atoms with van der Waals surface area (Å²) in [5.74, 6) is -1.00. The van der Waals surface area contributed by atoms with Crippen LogP contribution in [0.5, 0.6) is 0 Å². The monoisotopic (exact) mass is 562 g/mol. The van der Waals surface area contributed by atoms with Gasteiger partial charge in [0, 0.05) is 30.0 Å². The Morgan fingerprint density at radius 1 is 0.725 bits per heavy atom. The van der Waals surface area contributed by atoms with Gasteiger partial charge in [-0.1, -0.05) is 66.7 Å². The molecule has 0 radical (unpaired) electrons. The van der Waals surface area contributed by atoms with E-state index in [1.165, 1.54) is 45.6 Å². The lowest BCUT2D eigenvalue weighted by atomic mass is 10.0. The molecule has 0 aromatic heterocycles. The SMILES string of the molecule is COC(=O)C(OC)c1ccc(S(=O)(=O)Nc2ccc(N[C@@H](Cc3ccccc3)C(=O)OC)c3ccccc23)cc1. The minimum atomic E-state index is -3.98. The molecule has 4 aromatic carbocycles. The minimum Gasteiger partial charge on any atom is -0.467 e. The van der Waals surface area contributed by atoms with Crippen molar-refractivity contribution in [2.45, 2.75) is 23.5 Å². The van der Waals surface area contributed by atoms with E-state index in [1.807, 2.05) is 42.5 Å². The van der Waals surface area contributed by atoms with Crippen LogP contribution in [0.3, 0.4) is 0 Å². The molecule has 208 valence electrons. The van der Waals surface area contributed by atoms with Gasteiger partial charge in [-0.05, 0) is 35.4 Å². The Labute approximate surface area is 233 Å². The predicted octanol–water partition coefficient (Wildman–Crippen LogP) is 4.70. The minimum absolute atomic E-state index is 0.0101. The van der Waals surface area contributed by atoms with Crippen LogP contribution in [-0.4, -0.2) is 47.7 Å². The van der Waals surface area contributed by atoms with Gasteiger partial charge in [-0.2, -0.15) is 0 Å². The molecule has 9 nitrogen and oxygen atoms in total. The van der Waals surface area contributed by atoms with Gasteiger partial charge >= 0.3 is 11.9 Å². The second-order valence-electron chi connectivity index (χ2n) is 8.93. The number of carbonyl (C=O) groups excluding carboxylic acids is 2. The lowest BCUT2D eigenvalue weighted by Crippen LogP contribution is -2.33. The van der Waals surface area contributed by atoms with Crippen LogP contribution in [0.15, 0.2) is 95.9 Å². The van der Waals surface area contributed by atoms with Crippen LogP contribution in [0, 0.1) is 0 Å². The molecule has 0 bridgehead atoms. The van der Waals surface area contributed by atoms with E-state index in [-0.39, 0.29) is 4.90 Å². The molecule has 0 heterocycles. The number of rotatable bonds is 11. The fourth-order valence-corrected chi connectivity index (χ4v) is 5.47. The molecule has 0 aliphatic carbocycles. The number of esters is 2. The number of anilines is 2. The van der Waals surface area contributed by atoms with Gasteiger partial charge < -0.3 is 19.5 Å². The number of hydrogen-bond acceptors (Lipinski definition) is 8. The number of methoxy groups -OCH3 is 3. The third-order valence-electron chi connectivity index (χ3n) is 6.41. The second kappa shape index (κ2) is 12.6. The van der Waals surface area contributed by atoms with Crippen LogP contribution in [0.1, 0.15) is 17.2 Å². The molecule has 0 saturated heterocycles. The first-order chi connectivity index (χ1) is 19.3. The lowest BCUT2D eigenvalue weighted by molar-refractivity contribution is -0.152. The second-order valence-corrected chi connectivity index (χ2v) is 10.6. The van der Waals surface area contributed by atoms with Gasteiger partial charge in [0.15, 0.2) is 6.10 Å². The Morgan fingerprint density at radius 2 is 1.30 bits per heavy atom. The van der Waals surface area contributed by atoms with Crippen LogP contribution >= 0.6 is 0 Å². The Bertz CT molecular complexity index is 1590. The van der Waals surface area contributed by atoms with Crippen LogP contribution in [0.4, 0.5) is 11.4 Å². The Hall–Kier alpha value is -4.41. The van der Waals surface area contributed by atoms with Crippen molar-refractivity contribution in [2.75, 3.05) is 31.4 Å². The highest BCUT2D eigenvalue weighted by Gasteiger charge is 2.24. The van der Waals surface area contributed by atoms with Crippen LogP contribution < -0.4 is 10.0 Å². The van der Waals surface area contributed by atoms with Crippen LogP contribution in [-0.2, 0) is 40.2 Å². The smallest absolute Gasteiger partial charge is 0.339 e. The van der Waals surface area contributed by atoms with Crippen molar-refractivity contribution in [1.29, 1.82) is 0 Å². The van der Waals surface area contributed by atoms with E-state index >= 15 is 0 Å². The highest BCUT2D eigenvalue weighted by atomic mass is 32.2. The van der Waals surface area contributed by atoms with E-state index in [1.54, 1.807) is 24.3 Å². The molecule has 0 amide bonds. The van der Waals surface area contributed by atoms with Crippen molar-refractivity contribution >= 4 is 44.1 Å². The van der Waals surface area contributed by atoms with E-state index in [9.17, 15) is 18.0 Å². The van der Waals surface area contributed by atoms with Crippen molar-refractivity contribution in [3.8, 4) is 0 Å². The molecule has 40 heavy (non-hydrogen) atoms. The maximum atomic E-state index is 13.3. The molecule has 2 N–H and O–H groups in total. The molecular weight excluding hydrogens is 532 g/mol. The van der Waals surface area contributed by atoms with Crippen molar-refractivity contribution in [1.82, 2.24) is 0 Å². The quantitative estimate of drug-likeness (QED) is 0.253. The Kier molecular flexibility index (Phi) is 9.03. The summed E-state index contributed by atoms with van der Waals surface area (Å²) in [5, 5.41) is 4.64. The van der Waals surface area contributed by atoms with Crippen molar-refractivity contribution < 1.29 is 32.2 Å². The standard InChI is InChI=1S/C30H30N2O7S/c1-37-28(30(34)39-3)21-13-15-22(16-14-21)40(35,36)32-26-18-17-25(23-11-7-8-12-24(23)26)31-27(29(33)38-2)19-20-9-5-4-6-10-20/h4-18,27-28,31-32H,19H2,1-3H3/t27-,28?/m0/s1. The average molecular weight is 563 g/mol. The first kappa shape index (κ1) is 28.6. The van der Waals surface area contributed by atoms with Crippen molar-refractivity contribution in [2.24, 2.45) is 0 Å². The first-order valence-electron chi connectivity index (χ1n) is 12.4. The van der Waals surface area contributed by atoms with Crippen LogP contribution in [0.25, 0.3) is 10.8 Å². The van der Waals surface area contributed by atoms with Gasteiger partial charge in [-0.3, -0.25) is 4.72 Å². The van der Waals surface area contributed by atoms with E-state index in [4.69, 9.17) is 14.2 Å². The van der Waals surface area contributed by atoms with Gasteiger partial charge in [0.2, 0.25) is 0 Å². The summed E-state index contributed by atoms with van der Waals surface area (Å²) in [6.45, 7) is 0. The van der Waals surface area contributed by atoms with Crippen molar-refractivity contribution in [3.63, 3.8) is 0 Å². The number of nitrogens with one attached hydrogen (secondary N) is 2. The van der Waals surface area contributed by atoms with E-state index in [2.05, 4.69) is 10.0 Å². The molecule has 0 spiro atoms. The normalized spacial score (nSPS) is 12.8. The largest absolute Gasteiger partial charge is 0.467 e. The van der Waals surface area contributed by atoms with Crippen LogP contribution in [0.2, 0.25) is 0 Å². The van der Waals surface area contributed by atoms with Gasteiger partial charge in [0.1, 0.15) is 6.04 Å². The zero-order chi connectivity index (χ0) is 28.7. The number of fused-ring (bicyclic) bond motifs is 1. The van der Waals surface area contributed by atoms with E-state index in [0.717, 1.165) is 10.9 Å². The Balaban J connectivity index is 1.62. The van der Waals surface area contributed by atoms with E-state index in [0.29, 0.717) is 28.7 Å². The molecule has 1 unspecified atom stereocenters. The lowest BCUT2D eigenvalue weighted by Gasteiger charge is -2.20. The van der Waals surface area contributed by atoms with Gasteiger partial charge in [-0.15, -0.1) is 0 Å². The maximum Gasteiger partial charge on any atom is 0.339 e. The zero-order valence-corrected chi connectivity index (χ0v) is 23.1. The summed E-state index contributed by atoms with van der Waals surface area (Å²) in [6, 6.07) is 25.4. The number of hydrogen-bond donors (Lipinski definition) is 2. The fourth-order valence-electron chi connectivity index (χ4n) is 4.39. The number of carbonyl (C=O) groups is 2. The number of benzene rings is 4.